The van der Waals surface area contributed by atoms with Crippen LogP contribution in [0, 0.1) is 0 Å². The molecule has 0 atom stereocenters. The predicted molar refractivity (Wildman–Crippen MR) is 121 cm³/mol. The van der Waals surface area contributed by atoms with Crippen LogP contribution in [0.5, 0.6) is 5.75 Å². The maximum absolute atomic E-state index is 12.7. The van der Waals surface area contributed by atoms with Gasteiger partial charge < -0.3 is 20.4 Å². The number of anilines is 2. The Bertz CT molecular complexity index is 1290. The van der Waals surface area contributed by atoms with E-state index in [1.807, 2.05) is 66.9 Å². The SMILES string of the molecule is O=C1COc2cc(NCc3cccc(C(=O)Nc4ccc5[nH]ccc5c4)c3)ccc2C1. The van der Waals surface area contributed by atoms with Crippen molar-refractivity contribution in [3.05, 3.63) is 89.6 Å². The number of hydrogen-bond donors (Lipinski definition) is 3. The largest absolute Gasteiger partial charge is 0.485 e. The highest BCUT2D eigenvalue weighted by molar-refractivity contribution is 6.05. The molecule has 0 fully saturated rings. The molecule has 1 aliphatic heterocycles. The van der Waals surface area contributed by atoms with E-state index >= 15 is 0 Å². The maximum atomic E-state index is 12.7. The molecule has 0 unspecified atom stereocenters. The lowest BCUT2D eigenvalue weighted by atomic mass is 10.0. The Hall–Kier alpha value is -4.06. The molecule has 1 amide bonds. The fraction of sp³-hybridized carbons (Fsp3) is 0.120. The number of ether oxygens (including phenoxy) is 1. The third-order valence-electron chi connectivity index (χ3n) is 5.34. The first-order valence-corrected chi connectivity index (χ1v) is 10.1. The Labute approximate surface area is 179 Å². The number of Topliss-reactive ketones (excluding diaryl/α,β-unsaturated/α-hetero) is 1. The molecule has 0 saturated carbocycles. The zero-order valence-corrected chi connectivity index (χ0v) is 16.8. The summed E-state index contributed by atoms with van der Waals surface area (Å²) in [6.45, 7) is 0.693. The minimum atomic E-state index is -0.149. The second kappa shape index (κ2) is 7.99. The Balaban J connectivity index is 1.25. The number of amides is 1. The van der Waals surface area contributed by atoms with E-state index in [-0.39, 0.29) is 18.3 Å². The molecule has 6 heteroatoms. The monoisotopic (exact) mass is 411 g/mol. The highest BCUT2D eigenvalue weighted by Gasteiger charge is 2.16. The first-order chi connectivity index (χ1) is 15.1. The number of carbonyl (C=O) groups excluding carboxylic acids is 2. The Kier molecular flexibility index (Phi) is 4.88. The fourth-order valence-corrected chi connectivity index (χ4v) is 3.73. The minimum absolute atomic E-state index is 0.0938. The van der Waals surface area contributed by atoms with Crippen molar-refractivity contribution in [2.24, 2.45) is 0 Å². The smallest absolute Gasteiger partial charge is 0.255 e. The molecule has 3 N–H and O–H groups in total. The third-order valence-corrected chi connectivity index (χ3v) is 5.34. The van der Waals surface area contributed by atoms with E-state index in [1.54, 1.807) is 6.07 Å². The van der Waals surface area contributed by atoms with Crippen molar-refractivity contribution in [3.8, 4) is 5.75 Å². The number of hydrogen-bond acceptors (Lipinski definition) is 4. The van der Waals surface area contributed by atoms with Crippen LogP contribution >= 0.6 is 0 Å². The van der Waals surface area contributed by atoms with Gasteiger partial charge in [0.2, 0.25) is 0 Å². The van der Waals surface area contributed by atoms with Gasteiger partial charge in [0.15, 0.2) is 5.78 Å². The maximum Gasteiger partial charge on any atom is 0.255 e. The van der Waals surface area contributed by atoms with E-state index in [9.17, 15) is 9.59 Å². The molecule has 0 spiro atoms. The summed E-state index contributed by atoms with van der Waals surface area (Å²) in [6.07, 6.45) is 2.30. The van der Waals surface area contributed by atoms with Crippen LogP contribution in [0.3, 0.4) is 0 Å². The molecule has 0 saturated heterocycles. The van der Waals surface area contributed by atoms with Crippen LogP contribution in [0.25, 0.3) is 10.9 Å². The molecule has 31 heavy (non-hydrogen) atoms. The van der Waals surface area contributed by atoms with Crippen molar-refractivity contribution < 1.29 is 14.3 Å². The highest BCUT2D eigenvalue weighted by Crippen LogP contribution is 2.27. The quantitative estimate of drug-likeness (QED) is 0.450. The average Bonchev–Trinajstić information content (AvgIpc) is 3.26. The molecule has 0 radical (unpaired) electrons. The molecule has 4 aromatic rings. The number of benzene rings is 3. The van der Waals surface area contributed by atoms with E-state index in [2.05, 4.69) is 15.6 Å². The zero-order chi connectivity index (χ0) is 21.2. The highest BCUT2D eigenvalue weighted by atomic mass is 16.5. The van der Waals surface area contributed by atoms with Gasteiger partial charge in [0, 0.05) is 58.6 Å². The van der Waals surface area contributed by atoms with Gasteiger partial charge in [-0.2, -0.15) is 0 Å². The summed E-state index contributed by atoms with van der Waals surface area (Å²) in [5, 5.41) is 7.37. The topological polar surface area (TPSA) is 83.2 Å². The Morgan fingerprint density at radius 3 is 2.84 bits per heavy atom. The van der Waals surface area contributed by atoms with Crippen molar-refractivity contribution >= 4 is 34.0 Å². The fourth-order valence-electron chi connectivity index (χ4n) is 3.73. The summed E-state index contributed by atoms with van der Waals surface area (Å²) in [5.74, 6) is 0.692. The molecule has 0 bridgehead atoms. The summed E-state index contributed by atoms with van der Waals surface area (Å²) in [4.78, 5) is 27.4. The number of ketones is 1. The van der Waals surface area contributed by atoms with Gasteiger partial charge in [-0.15, -0.1) is 0 Å². The van der Waals surface area contributed by atoms with Crippen molar-refractivity contribution in [1.29, 1.82) is 0 Å². The lowest BCUT2D eigenvalue weighted by Crippen LogP contribution is -2.20. The number of aromatic amines is 1. The molecular weight excluding hydrogens is 390 g/mol. The first-order valence-electron chi connectivity index (χ1n) is 10.1. The van der Waals surface area contributed by atoms with Gasteiger partial charge in [-0.05, 0) is 48.0 Å². The van der Waals surface area contributed by atoms with Crippen molar-refractivity contribution in [1.82, 2.24) is 4.98 Å². The molecule has 5 rings (SSSR count). The van der Waals surface area contributed by atoms with Crippen molar-refractivity contribution in [2.45, 2.75) is 13.0 Å². The van der Waals surface area contributed by atoms with E-state index < -0.39 is 0 Å². The standard InChI is InChI=1S/C25H21N3O3/c29-22-12-18-4-5-20(13-24(18)31-15-22)27-14-16-2-1-3-19(10-16)25(30)28-21-6-7-23-17(11-21)8-9-26-23/h1-11,13,26-27H,12,14-15H2,(H,28,30). The molecule has 1 aromatic heterocycles. The summed E-state index contributed by atoms with van der Waals surface area (Å²) in [7, 11) is 0. The number of aromatic nitrogens is 1. The molecule has 154 valence electrons. The molecule has 1 aliphatic rings. The van der Waals surface area contributed by atoms with Crippen LogP contribution in [0.1, 0.15) is 21.5 Å². The van der Waals surface area contributed by atoms with Gasteiger partial charge in [0.05, 0.1) is 0 Å². The van der Waals surface area contributed by atoms with Gasteiger partial charge in [-0.3, -0.25) is 9.59 Å². The number of nitrogens with one attached hydrogen (secondary N) is 3. The second-order valence-electron chi connectivity index (χ2n) is 7.61. The number of H-pyrrole nitrogens is 1. The van der Waals surface area contributed by atoms with Crippen molar-refractivity contribution in [3.63, 3.8) is 0 Å². The summed E-state index contributed by atoms with van der Waals surface area (Å²) in [6, 6.07) is 21.1. The minimum Gasteiger partial charge on any atom is -0.485 e. The second-order valence-corrected chi connectivity index (χ2v) is 7.61. The number of rotatable bonds is 5. The van der Waals surface area contributed by atoms with Crippen LogP contribution in [-0.2, 0) is 17.8 Å². The third kappa shape index (κ3) is 4.14. The average molecular weight is 411 g/mol. The van der Waals surface area contributed by atoms with Crippen molar-refractivity contribution in [2.75, 3.05) is 17.2 Å². The number of carbonyl (C=O) groups is 2. The van der Waals surface area contributed by atoms with Crippen LogP contribution < -0.4 is 15.4 Å². The molecule has 3 aromatic carbocycles. The Morgan fingerprint density at radius 1 is 1.00 bits per heavy atom. The lowest BCUT2D eigenvalue weighted by Gasteiger charge is -2.17. The van der Waals surface area contributed by atoms with Gasteiger partial charge in [0.25, 0.3) is 5.91 Å². The van der Waals surface area contributed by atoms with Crippen LogP contribution in [0.2, 0.25) is 0 Å². The van der Waals surface area contributed by atoms with Crippen LogP contribution in [0.4, 0.5) is 11.4 Å². The van der Waals surface area contributed by atoms with E-state index in [4.69, 9.17) is 4.74 Å². The molecule has 2 heterocycles. The summed E-state index contributed by atoms with van der Waals surface area (Å²) >= 11 is 0. The van der Waals surface area contributed by atoms with E-state index in [1.165, 1.54) is 0 Å². The summed E-state index contributed by atoms with van der Waals surface area (Å²) < 4.78 is 5.51. The van der Waals surface area contributed by atoms with Gasteiger partial charge in [0.1, 0.15) is 12.4 Å². The molecular formula is C25H21N3O3. The van der Waals surface area contributed by atoms with Gasteiger partial charge in [-0.25, -0.2) is 0 Å². The predicted octanol–water partition coefficient (Wildman–Crippen LogP) is 4.54. The summed E-state index contributed by atoms with van der Waals surface area (Å²) in [5.41, 5.74) is 5.20. The zero-order valence-electron chi connectivity index (χ0n) is 16.8. The van der Waals surface area contributed by atoms with E-state index in [0.717, 1.165) is 39.2 Å². The van der Waals surface area contributed by atoms with Crippen LogP contribution in [-0.4, -0.2) is 23.3 Å². The van der Waals surface area contributed by atoms with E-state index in [0.29, 0.717) is 18.5 Å². The normalized spacial score (nSPS) is 12.8. The molecule has 6 nitrogen and oxygen atoms in total. The van der Waals surface area contributed by atoms with Crippen LogP contribution in [0.15, 0.2) is 72.9 Å². The number of fused-ring (bicyclic) bond motifs is 2. The van der Waals surface area contributed by atoms with Gasteiger partial charge >= 0.3 is 0 Å². The first kappa shape index (κ1) is 18.9. The van der Waals surface area contributed by atoms with Gasteiger partial charge in [-0.1, -0.05) is 18.2 Å². The molecule has 0 aliphatic carbocycles. The lowest BCUT2D eigenvalue weighted by molar-refractivity contribution is -0.121. The Morgan fingerprint density at radius 2 is 1.90 bits per heavy atom.